The number of nitrogens with one attached hydrogen (secondary N) is 17. The van der Waals surface area contributed by atoms with Crippen LogP contribution in [0.25, 0.3) is 32.6 Å². The number of thioether (sulfide) groups is 1. The van der Waals surface area contributed by atoms with E-state index < -0.39 is 198 Å². The zero-order valence-electron chi connectivity index (χ0n) is 64.0. The molecule has 610 valence electrons. The minimum absolute atomic E-state index is 0.0173. The molecular formula is C77H101N21O15S. The molecule has 4 heterocycles. The standard InChI is InChI=1S/C77H101N21O15S/c1-7-41(6)65-76(113)94-58(35-99)67(104)86-34-61(101)88-52(21-14-24-83-77(80)81)68(105)92-57(30-60(78)100)70(107)91-55(28-46-32-85-51-20-13-11-18-49(46)51)73(110)96-63(39(2)3)74(111)93-56(29-47-33-82-38-87-47)69(106)90-54(27-45-31-84-50-19-12-10-17-48(45)50)72(109)97-64(40(4)5)75(112)95-59(66(79)103)36-114-37-62(102)89-53(71(108)98-65)26-42-22-23-43-15-8-9-16-44(43)25-42/h8-13,15-20,22-23,25,31-33,38-41,52-59,63-65,84-85,99H,7,14,21,24,26-30,34-37H2,1-6H3,(H2,78,100)(H2,79,103)(H,82,87)(H,86,104)(H,88,101)(H,89,102)(H,90,106)(H,91,107)(H,92,105)(H,93,111)(H,94,113)(H,95,112)(H,96,110)(H,97,109)(H,98,108)(H4,80,81,83)/t41-,52-,53+,54-,55+,56-,57-,58-,59-,63+,64-,65-/m0/s1. The first-order valence-electron chi connectivity index (χ1n) is 37.4. The number of imidazole rings is 1. The molecule has 4 aromatic carbocycles. The molecule has 114 heavy (non-hydrogen) atoms. The van der Waals surface area contributed by atoms with Crippen LogP contribution in [0.1, 0.15) is 89.6 Å². The van der Waals surface area contributed by atoms with Crippen LogP contribution < -0.4 is 86.3 Å². The van der Waals surface area contributed by atoms with E-state index in [0.717, 1.165) is 22.5 Å². The Labute approximate surface area is 660 Å². The highest BCUT2D eigenvalue weighted by Gasteiger charge is 2.39. The lowest BCUT2D eigenvalue weighted by atomic mass is 9.96. The van der Waals surface area contributed by atoms with Crippen LogP contribution in [0.15, 0.2) is 116 Å². The minimum Gasteiger partial charge on any atom is -0.394 e. The van der Waals surface area contributed by atoms with Gasteiger partial charge in [-0.15, -0.1) is 11.8 Å². The van der Waals surface area contributed by atoms with Crippen molar-refractivity contribution in [2.24, 2.45) is 35.0 Å². The predicted molar refractivity (Wildman–Crippen MR) is 424 cm³/mol. The molecule has 36 nitrogen and oxygen atoms in total. The van der Waals surface area contributed by atoms with E-state index in [-0.39, 0.29) is 62.9 Å². The van der Waals surface area contributed by atoms with Crippen LogP contribution in [0.3, 0.4) is 0 Å². The summed E-state index contributed by atoms with van der Waals surface area (Å²) in [6, 6.07) is 9.75. The average Bonchev–Trinajstić information content (AvgIpc) is 1.70. The molecule has 24 N–H and O–H groups in total. The summed E-state index contributed by atoms with van der Waals surface area (Å²) in [6.07, 6.45) is 4.25. The summed E-state index contributed by atoms with van der Waals surface area (Å²) in [7, 11) is 0. The summed E-state index contributed by atoms with van der Waals surface area (Å²) in [4.78, 5) is 215. The summed E-state index contributed by atoms with van der Waals surface area (Å²) in [5, 5.41) is 55.1. The van der Waals surface area contributed by atoms with Gasteiger partial charge in [-0.25, -0.2) is 4.98 Å². The molecule has 0 aliphatic carbocycles. The Balaban J connectivity index is 1.15. The van der Waals surface area contributed by atoms with Crippen molar-refractivity contribution in [3.63, 3.8) is 0 Å². The number of aromatic amines is 3. The van der Waals surface area contributed by atoms with Gasteiger partial charge in [0.05, 0.1) is 37.3 Å². The molecule has 14 amide bonds. The van der Waals surface area contributed by atoms with Crippen LogP contribution in [-0.4, -0.2) is 211 Å². The highest BCUT2D eigenvalue weighted by molar-refractivity contribution is 8.00. The SMILES string of the molecule is CC[C@H](C)[C@@H]1NC(=O)[C@@H](Cc2ccc3ccccc3c2)NC(=O)CSC[C@@H](C(N)=O)NC(=O)[C@H](C(C)C)NC(=O)[C@H](Cc2c[nH]c3ccccc23)NC(=O)[C@H](Cc2c[nH]cn2)NC(=O)[C@@H](C(C)C)NC(=O)[C@@H](Cc2c[nH]c3ccccc23)NC(=O)[C@H](CC(N)=O)NC(=O)[C@H](CCCNC(=N)N)NC(=O)CNC(=O)[C@H](CO)NC1=O. The molecule has 12 atom stereocenters. The van der Waals surface area contributed by atoms with Crippen LogP contribution in [0, 0.1) is 23.2 Å². The Kier molecular flexibility index (Phi) is 31.9. The molecule has 3 aromatic heterocycles. The van der Waals surface area contributed by atoms with Crippen LogP contribution in [0.5, 0.6) is 0 Å². The van der Waals surface area contributed by atoms with E-state index in [0.29, 0.717) is 38.5 Å². The second-order valence-corrected chi connectivity index (χ2v) is 29.7. The van der Waals surface area contributed by atoms with Gasteiger partial charge in [0.25, 0.3) is 0 Å². The average molecular weight is 1590 g/mol. The first-order chi connectivity index (χ1) is 54.4. The van der Waals surface area contributed by atoms with E-state index in [1.54, 1.807) is 109 Å². The number of hydrogen-bond acceptors (Lipinski definition) is 18. The number of hydrogen-bond donors (Lipinski definition) is 21. The molecule has 0 radical (unpaired) electrons. The maximum Gasteiger partial charge on any atom is 0.245 e. The molecule has 1 aliphatic rings. The normalized spacial score (nSPS) is 23.0. The molecular weight excluding hydrogens is 1490 g/mol. The maximum atomic E-state index is 15.2. The van der Waals surface area contributed by atoms with Crippen LogP contribution >= 0.6 is 11.8 Å². The van der Waals surface area contributed by atoms with Gasteiger partial charge in [-0.2, -0.15) is 0 Å². The monoisotopic (exact) mass is 1590 g/mol. The van der Waals surface area contributed by atoms with E-state index in [9.17, 15) is 53.1 Å². The molecule has 0 unspecified atom stereocenters. The second-order valence-electron chi connectivity index (χ2n) is 28.7. The number of guanidine groups is 1. The topological polar surface area (TPSA) is 578 Å². The van der Waals surface area contributed by atoms with E-state index in [2.05, 4.69) is 89.1 Å². The molecule has 7 aromatic rings. The lowest BCUT2D eigenvalue weighted by Crippen LogP contribution is -2.62. The molecule has 0 bridgehead atoms. The van der Waals surface area contributed by atoms with Crippen molar-refractivity contribution in [1.29, 1.82) is 5.41 Å². The third kappa shape index (κ3) is 25.0. The third-order valence-corrected chi connectivity index (χ3v) is 20.4. The first-order valence-corrected chi connectivity index (χ1v) is 38.5. The number of carbonyl (C=O) groups excluding carboxylic acids is 14. The van der Waals surface area contributed by atoms with Crippen molar-refractivity contribution in [3.05, 3.63) is 138 Å². The molecule has 1 saturated heterocycles. The number of aliphatic hydroxyl groups is 1. The van der Waals surface area contributed by atoms with Gasteiger partial charge in [0, 0.05) is 78.4 Å². The third-order valence-electron chi connectivity index (χ3n) is 19.3. The quantitative estimate of drug-likeness (QED) is 0.0222. The van der Waals surface area contributed by atoms with Crippen molar-refractivity contribution in [1.82, 2.24) is 89.1 Å². The number of benzene rings is 4. The molecule has 8 rings (SSSR count). The second kappa shape index (κ2) is 41.7. The number of primary amides is 2. The molecule has 37 heteroatoms. The minimum atomic E-state index is -1.88. The van der Waals surface area contributed by atoms with E-state index in [1.165, 1.54) is 12.5 Å². The van der Waals surface area contributed by atoms with Crippen molar-refractivity contribution in [2.75, 3.05) is 31.2 Å². The zero-order valence-corrected chi connectivity index (χ0v) is 64.8. The van der Waals surface area contributed by atoms with Gasteiger partial charge >= 0.3 is 0 Å². The number of H-pyrrole nitrogens is 3. The maximum absolute atomic E-state index is 15.2. The Bertz CT molecular complexity index is 4620. The van der Waals surface area contributed by atoms with E-state index >= 15 is 19.2 Å². The molecule has 0 spiro atoms. The van der Waals surface area contributed by atoms with E-state index in [4.69, 9.17) is 22.6 Å². The summed E-state index contributed by atoms with van der Waals surface area (Å²) >= 11 is 0.860. The molecule has 1 fully saturated rings. The summed E-state index contributed by atoms with van der Waals surface area (Å²) in [5.41, 5.74) is 20.3. The van der Waals surface area contributed by atoms with Crippen molar-refractivity contribution in [3.8, 4) is 0 Å². The van der Waals surface area contributed by atoms with Gasteiger partial charge < -0.3 is 106 Å². The zero-order chi connectivity index (χ0) is 82.9. The smallest absolute Gasteiger partial charge is 0.245 e. The van der Waals surface area contributed by atoms with Gasteiger partial charge in [0.15, 0.2) is 5.96 Å². The number of fused-ring (bicyclic) bond motifs is 3. The number of aromatic nitrogens is 4. The summed E-state index contributed by atoms with van der Waals surface area (Å²) in [5.74, 6) is -17.0. The fraction of sp³-hybridized carbons (Fsp3) is 0.429. The predicted octanol–water partition coefficient (Wildman–Crippen LogP) is -2.03. The van der Waals surface area contributed by atoms with Crippen LogP contribution in [-0.2, 0) is 92.8 Å². The number of amides is 14. The van der Waals surface area contributed by atoms with Gasteiger partial charge in [-0.3, -0.25) is 72.5 Å². The van der Waals surface area contributed by atoms with Gasteiger partial charge in [-0.1, -0.05) is 127 Å². The first kappa shape index (κ1) is 87.2. The highest BCUT2D eigenvalue weighted by atomic mass is 32.2. The van der Waals surface area contributed by atoms with E-state index in [1.807, 2.05) is 36.4 Å². The fourth-order valence-corrected chi connectivity index (χ4v) is 13.7. The number of carbonyl (C=O) groups is 14. The number of nitrogens with two attached hydrogens (primary N) is 3. The number of aliphatic hydroxyl groups excluding tert-OH is 1. The number of para-hydroxylation sites is 2. The van der Waals surface area contributed by atoms with Crippen molar-refractivity contribution in [2.45, 2.75) is 159 Å². The van der Waals surface area contributed by atoms with Gasteiger partial charge in [0.2, 0.25) is 82.7 Å². The summed E-state index contributed by atoms with van der Waals surface area (Å²) in [6.45, 7) is 7.80. The Hall–Kier alpha value is -12.4. The Morgan fingerprint density at radius 2 is 1.03 bits per heavy atom. The largest absolute Gasteiger partial charge is 0.394 e. The van der Waals surface area contributed by atoms with Gasteiger partial charge in [-0.05, 0) is 70.2 Å². The molecule has 0 saturated carbocycles. The number of nitrogens with zero attached hydrogens (tertiary/aromatic N) is 1. The lowest BCUT2D eigenvalue weighted by molar-refractivity contribution is -0.137. The van der Waals surface area contributed by atoms with Crippen molar-refractivity contribution >= 4 is 133 Å². The van der Waals surface area contributed by atoms with Crippen LogP contribution in [0.2, 0.25) is 0 Å². The highest BCUT2D eigenvalue weighted by Crippen LogP contribution is 2.24. The lowest BCUT2D eigenvalue weighted by Gasteiger charge is -2.29. The Morgan fingerprint density at radius 3 is 1.58 bits per heavy atom. The van der Waals surface area contributed by atoms with Gasteiger partial charge in [0.1, 0.15) is 66.5 Å². The molecule has 1 aliphatic heterocycles. The van der Waals surface area contributed by atoms with Crippen molar-refractivity contribution < 1.29 is 72.2 Å². The fourth-order valence-electron chi connectivity index (χ4n) is 12.9. The number of rotatable bonds is 20. The Morgan fingerprint density at radius 1 is 0.535 bits per heavy atom. The summed E-state index contributed by atoms with van der Waals surface area (Å²) < 4.78 is 0. The van der Waals surface area contributed by atoms with Crippen LogP contribution in [0.4, 0.5) is 0 Å².